The van der Waals surface area contributed by atoms with Crippen LogP contribution in [0.2, 0.25) is 5.02 Å². The van der Waals surface area contributed by atoms with Crippen LogP contribution in [0.4, 0.5) is 8.78 Å². The molecule has 86 valence electrons. The average molecular weight is 247 g/mol. The number of carboxylic acid groups (broad SMARTS) is 1. The number of halogens is 3. The summed E-state index contributed by atoms with van der Waals surface area (Å²) in [6.07, 6.45) is 3.13. The molecular formula is C11H9ClF2O2. The van der Waals surface area contributed by atoms with E-state index in [9.17, 15) is 13.6 Å². The van der Waals surface area contributed by atoms with Crippen molar-refractivity contribution in [1.82, 2.24) is 0 Å². The minimum absolute atomic E-state index is 0.0347. The second kappa shape index (κ2) is 5.61. The Labute approximate surface area is 96.2 Å². The summed E-state index contributed by atoms with van der Waals surface area (Å²) in [7, 11) is 0. The molecule has 5 heteroatoms. The Kier molecular flexibility index (Phi) is 4.43. The lowest BCUT2D eigenvalue weighted by Gasteiger charge is -2.00. The summed E-state index contributed by atoms with van der Waals surface area (Å²) in [5, 5.41) is 7.81. The molecule has 0 atom stereocenters. The molecule has 0 aromatic heterocycles. The van der Waals surface area contributed by atoms with Gasteiger partial charge in [0.1, 0.15) is 10.8 Å². The van der Waals surface area contributed by atoms with Crippen LogP contribution in [0.25, 0.3) is 6.08 Å². The first-order valence-corrected chi connectivity index (χ1v) is 4.92. The Morgan fingerprint density at radius 2 is 2.12 bits per heavy atom. The van der Waals surface area contributed by atoms with Gasteiger partial charge in [0.15, 0.2) is 5.82 Å². The van der Waals surface area contributed by atoms with E-state index in [4.69, 9.17) is 16.7 Å². The second-order valence-corrected chi connectivity index (χ2v) is 3.48. The molecule has 0 aliphatic rings. The van der Waals surface area contributed by atoms with E-state index in [1.54, 1.807) is 0 Å². The number of hydrogen-bond acceptors (Lipinski definition) is 1. The third-order valence-corrected chi connectivity index (χ3v) is 2.23. The summed E-state index contributed by atoms with van der Waals surface area (Å²) in [6.45, 7) is 0. The first-order valence-electron chi connectivity index (χ1n) is 4.54. The Morgan fingerprint density at radius 3 is 2.75 bits per heavy atom. The quantitative estimate of drug-likeness (QED) is 0.826. The smallest absolute Gasteiger partial charge is 0.303 e. The van der Waals surface area contributed by atoms with Gasteiger partial charge in [-0.3, -0.25) is 4.79 Å². The fourth-order valence-corrected chi connectivity index (χ4v) is 1.26. The van der Waals surface area contributed by atoms with Crippen molar-refractivity contribution in [1.29, 1.82) is 0 Å². The van der Waals surface area contributed by atoms with E-state index in [2.05, 4.69) is 0 Å². The summed E-state index contributed by atoms with van der Waals surface area (Å²) in [5.41, 5.74) is 0.136. The fraction of sp³-hybridized carbons (Fsp3) is 0.182. The molecule has 0 aliphatic heterocycles. The zero-order valence-electron chi connectivity index (χ0n) is 8.21. The monoisotopic (exact) mass is 246 g/mol. The minimum atomic E-state index is -0.928. The zero-order valence-corrected chi connectivity index (χ0v) is 8.97. The number of benzene rings is 1. The molecule has 0 radical (unpaired) electrons. The van der Waals surface area contributed by atoms with Crippen LogP contribution >= 0.6 is 11.6 Å². The third-order valence-electron chi connectivity index (χ3n) is 1.89. The first-order chi connectivity index (χ1) is 7.52. The van der Waals surface area contributed by atoms with E-state index in [-0.39, 0.29) is 18.4 Å². The molecule has 0 spiro atoms. The van der Waals surface area contributed by atoms with E-state index in [1.807, 2.05) is 0 Å². The van der Waals surface area contributed by atoms with Gasteiger partial charge < -0.3 is 5.11 Å². The van der Waals surface area contributed by atoms with Gasteiger partial charge in [-0.15, -0.1) is 0 Å². The van der Waals surface area contributed by atoms with Crippen molar-refractivity contribution in [2.75, 3.05) is 0 Å². The predicted octanol–water partition coefficient (Wildman–Crippen LogP) is 3.50. The largest absolute Gasteiger partial charge is 0.481 e. The Hall–Kier alpha value is -1.42. The van der Waals surface area contributed by atoms with Gasteiger partial charge in [-0.25, -0.2) is 8.78 Å². The van der Waals surface area contributed by atoms with E-state index >= 15 is 0 Å². The summed E-state index contributed by atoms with van der Waals surface area (Å²) >= 11 is 5.37. The molecule has 0 unspecified atom stereocenters. The van der Waals surface area contributed by atoms with Crippen LogP contribution in [0.5, 0.6) is 0 Å². The maximum atomic E-state index is 13.3. The summed E-state index contributed by atoms with van der Waals surface area (Å²) in [5.74, 6) is -2.59. The molecule has 1 rings (SSSR count). The van der Waals surface area contributed by atoms with Gasteiger partial charge in [0.2, 0.25) is 0 Å². The number of rotatable bonds is 4. The normalized spacial score (nSPS) is 10.9. The van der Waals surface area contributed by atoms with Crippen molar-refractivity contribution in [3.63, 3.8) is 0 Å². The highest BCUT2D eigenvalue weighted by Gasteiger charge is 2.09. The fourth-order valence-electron chi connectivity index (χ4n) is 1.09. The highest BCUT2D eigenvalue weighted by atomic mass is 35.5. The molecule has 0 saturated carbocycles. The molecule has 1 aromatic carbocycles. The van der Waals surface area contributed by atoms with Gasteiger partial charge in [0.25, 0.3) is 0 Å². The van der Waals surface area contributed by atoms with Crippen molar-refractivity contribution >= 4 is 23.6 Å². The number of carbonyl (C=O) groups is 1. The van der Waals surface area contributed by atoms with Crippen LogP contribution in [-0.2, 0) is 4.79 Å². The van der Waals surface area contributed by atoms with Gasteiger partial charge in [-0.2, -0.15) is 0 Å². The minimum Gasteiger partial charge on any atom is -0.481 e. The lowest BCUT2D eigenvalue weighted by molar-refractivity contribution is -0.136. The van der Waals surface area contributed by atoms with Crippen LogP contribution < -0.4 is 0 Å². The van der Waals surface area contributed by atoms with Crippen molar-refractivity contribution in [3.8, 4) is 0 Å². The Bertz CT molecular complexity index is 430. The number of allylic oxidation sites excluding steroid dienone is 1. The first kappa shape index (κ1) is 12.6. The Morgan fingerprint density at radius 1 is 1.44 bits per heavy atom. The maximum Gasteiger partial charge on any atom is 0.303 e. The third kappa shape index (κ3) is 3.31. The van der Waals surface area contributed by atoms with Crippen molar-refractivity contribution < 1.29 is 18.7 Å². The van der Waals surface area contributed by atoms with Crippen molar-refractivity contribution in [2.24, 2.45) is 0 Å². The van der Waals surface area contributed by atoms with E-state index < -0.39 is 22.6 Å². The lowest BCUT2D eigenvalue weighted by Crippen LogP contribution is -1.92. The van der Waals surface area contributed by atoms with E-state index in [0.29, 0.717) is 0 Å². The number of aliphatic carboxylic acids is 1. The summed E-state index contributed by atoms with van der Waals surface area (Å²) in [4.78, 5) is 10.2. The highest BCUT2D eigenvalue weighted by Crippen LogP contribution is 2.22. The van der Waals surface area contributed by atoms with Gasteiger partial charge in [0.05, 0.1) is 0 Å². The SMILES string of the molecule is O=C(O)CCC=Cc1ccc(F)c(Cl)c1F. The molecule has 0 amide bonds. The van der Waals surface area contributed by atoms with Gasteiger partial charge in [0, 0.05) is 12.0 Å². The average Bonchev–Trinajstić information content (AvgIpc) is 2.23. The standard InChI is InChI=1S/C11H9ClF2O2/c12-10-8(13)6-5-7(11(10)14)3-1-2-4-9(15)16/h1,3,5-6H,2,4H2,(H,15,16). The van der Waals surface area contributed by atoms with Crippen LogP contribution in [-0.4, -0.2) is 11.1 Å². The van der Waals surface area contributed by atoms with Crippen LogP contribution in [0.15, 0.2) is 18.2 Å². The van der Waals surface area contributed by atoms with Crippen LogP contribution in [0, 0.1) is 11.6 Å². The summed E-state index contributed by atoms with van der Waals surface area (Å²) in [6, 6.07) is 2.30. The summed E-state index contributed by atoms with van der Waals surface area (Å²) < 4.78 is 26.1. The van der Waals surface area contributed by atoms with Gasteiger partial charge in [-0.05, 0) is 18.6 Å². The molecule has 16 heavy (non-hydrogen) atoms. The topological polar surface area (TPSA) is 37.3 Å². The maximum absolute atomic E-state index is 13.3. The van der Waals surface area contributed by atoms with Gasteiger partial charge >= 0.3 is 5.97 Å². The molecule has 1 aromatic rings. The second-order valence-electron chi connectivity index (χ2n) is 3.10. The molecule has 1 N–H and O–H groups in total. The predicted molar refractivity (Wildman–Crippen MR) is 57.3 cm³/mol. The van der Waals surface area contributed by atoms with Crippen LogP contribution in [0.1, 0.15) is 18.4 Å². The molecule has 2 nitrogen and oxygen atoms in total. The van der Waals surface area contributed by atoms with Crippen molar-refractivity contribution in [2.45, 2.75) is 12.8 Å². The highest BCUT2D eigenvalue weighted by molar-refractivity contribution is 6.31. The molecule has 0 bridgehead atoms. The Balaban J connectivity index is 2.74. The molecule has 0 aliphatic carbocycles. The van der Waals surface area contributed by atoms with Crippen LogP contribution in [0.3, 0.4) is 0 Å². The van der Waals surface area contributed by atoms with Crippen molar-refractivity contribution in [3.05, 3.63) is 40.4 Å². The number of hydrogen-bond donors (Lipinski definition) is 1. The molecule has 0 fully saturated rings. The molecule has 0 heterocycles. The van der Waals surface area contributed by atoms with E-state index in [0.717, 1.165) is 6.07 Å². The molecule has 0 saturated heterocycles. The van der Waals surface area contributed by atoms with E-state index in [1.165, 1.54) is 18.2 Å². The zero-order chi connectivity index (χ0) is 12.1. The van der Waals surface area contributed by atoms with Gasteiger partial charge in [-0.1, -0.05) is 23.8 Å². The number of carboxylic acids is 1. The lowest BCUT2D eigenvalue weighted by atomic mass is 10.1. The molecular weight excluding hydrogens is 238 g/mol.